The van der Waals surface area contributed by atoms with Crippen LogP contribution >= 0.6 is 17.2 Å². The summed E-state index contributed by atoms with van der Waals surface area (Å²) in [7, 11) is 18.0. The number of allylic oxidation sites excluding steroid dienone is 2. The number of hydrogen-bond donors (Lipinski definition) is 2. The zero-order valence-electron chi connectivity index (χ0n) is 36.2. The number of rotatable bonds is 15. The van der Waals surface area contributed by atoms with Crippen LogP contribution in [-0.2, 0) is 25.5 Å². The molecular weight excluding hydrogens is 921 g/mol. The van der Waals surface area contributed by atoms with E-state index < -0.39 is 27.8 Å². The van der Waals surface area contributed by atoms with Crippen molar-refractivity contribution in [2.45, 2.75) is 114 Å². The molecule has 4 nitrogen and oxygen atoms in total. The van der Waals surface area contributed by atoms with Gasteiger partial charge in [-0.05, 0) is 0 Å². The standard InChI is InChI=1S/2C22H25.C6H11BN2O2.2ClH.Hf/c2*1-15(2)12-17-13-18-8-7-11-21(22(18)14-17)20-10-6-5-9-19(20)16(3)4;1-3-5(10)8-7-9-6(11)4-2;;;/h2*5-11,13-16H,12H2,1-4H3;3-4H2,1-2H3,(H-,8,9,10,11);2*1H;/q;;;;;+1/p-1. The Bertz CT molecular complexity index is 2100. The summed E-state index contributed by atoms with van der Waals surface area (Å²) in [6.45, 7) is 21.6. The SMILES string of the molecule is CCC(=O)N[B](NC(=O)CC)[Hf]([Cl])([Cl])([CH]1C(CC(C)C)=Cc2c(-c3ccccc3C(C)C)cccc21)[CH]1C(CC(C)C)=Cc2c(-c3ccccc3C(C)C)cccc21. The van der Waals surface area contributed by atoms with Crippen molar-refractivity contribution < 1.29 is 25.5 Å². The minimum atomic E-state index is -6.25. The molecule has 305 valence electrons. The normalized spacial score (nSPS) is 16.9. The van der Waals surface area contributed by atoms with Crippen LogP contribution in [0.1, 0.15) is 147 Å². The first-order chi connectivity index (χ1) is 27.5. The molecule has 2 aliphatic carbocycles. The van der Waals surface area contributed by atoms with Crippen molar-refractivity contribution in [2.24, 2.45) is 11.8 Å². The predicted octanol–water partition coefficient (Wildman–Crippen LogP) is 14.0. The molecule has 4 aromatic rings. The summed E-state index contributed by atoms with van der Waals surface area (Å²) in [6.07, 6.45) is 6.75. The van der Waals surface area contributed by atoms with Gasteiger partial charge >= 0.3 is 359 Å². The van der Waals surface area contributed by atoms with Crippen LogP contribution in [-0.4, -0.2) is 16.4 Å². The molecule has 0 saturated heterocycles. The van der Waals surface area contributed by atoms with Crippen LogP contribution in [0.5, 0.6) is 0 Å². The average molecular weight is 983 g/mol. The number of fused-ring (bicyclic) bond motifs is 2. The second-order valence-electron chi connectivity index (χ2n) is 18.1. The second-order valence-corrected chi connectivity index (χ2v) is 48.5. The summed E-state index contributed by atoms with van der Waals surface area (Å²) in [5.74, 6) is 0.870. The monoisotopic (exact) mass is 983 g/mol. The van der Waals surface area contributed by atoms with Crippen molar-refractivity contribution in [2.75, 3.05) is 0 Å². The van der Waals surface area contributed by atoms with Crippen molar-refractivity contribution in [3.8, 4) is 22.3 Å². The van der Waals surface area contributed by atoms with Crippen LogP contribution in [0.25, 0.3) is 34.4 Å². The Labute approximate surface area is 356 Å². The fourth-order valence-electron chi connectivity index (χ4n) is 9.83. The molecule has 2 aliphatic rings. The summed E-state index contributed by atoms with van der Waals surface area (Å²) in [5.41, 5.74) is 14.1. The van der Waals surface area contributed by atoms with Gasteiger partial charge in [-0.25, -0.2) is 0 Å². The zero-order valence-corrected chi connectivity index (χ0v) is 41.3. The molecule has 0 aromatic heterocycles. The fraction of sp³-hybridized carbons (Fsp3) is 0.400. The summed E-state index contributed by atoms with van der Waals surface area (Å²) in [4.78, 5) is 27.7. The van der Waals surface area contributed by atoms with E-state index in [4.69, 9.17) is 17.2 Å². The van der Waals surface area contributed by atoms with Crippen molar-refractivity contribution in [1.82, 2.24) is 10.5 Å². The number of amides is 2. The fourth-order valence-corrected chi connectivity index (χ4v) is 39.4. The van der Waals surface area contributed by atoms with Gasteiger partial charge in [-0.3, -0.25) is 0 Å². The Balaban J connectivity index is 1.74. The molecule has 8 heteroatoms. The number of carbonyl (C=O) groups excluding carboxylic acids is 2. The first kappa shape index (κ1) is 44.4. The molecule has 0 spiro atoms. The number of halogens is 2. The minimum absolute atomic E-state index is 0.190. The van der Waals surface area contributed by atoms with Crippen LogP contribution in [0.2, 0.25) is 0 Å². The van der Waals surface area contributed by atoms with Crippen LogP contribution in [0.15, 0.2) is 96.1 Å². The summed E-state index contributed by atoms with van der Waals surface area (Å²) in [6, 6.07) is 30.5. The van der Waals surface area contributed by atoms with Crippen molar-refractivity contribution in [3.05, 3.63) is 129 Å². The molecule has 0 fully saturated rings. The Hall–Kier alpha value is -3.18. The van der Waals surface area contributed by atoms with Gasteiger partial charge in [0.25, 0.3) is 0 Å². The molecule has 0 bridgehead atoms. The molecule has 4 aromatic carbocycles. The van der Waals surface area contributed by atoms with Crippen molar-refractivity contribution in [3.63, 3.8) is 0 Å². The molecule has 2 unspecified atom stereocenters. The maximum absolute atomic E-state index is 13.8. The summed E-state index contributed by atoms with van der Waals surface area (Å²) < 4.78 is -1.75. The number of carbonyl (C=O) groups is 2. The number of hydrogen-bond acceptors (Lipinski definition) is 2. The van der Waals surface area contributed by atoms with E-state index >= 15 is 0 Å². The van der Waals surface area contributed by atoms with E-state index in [-0.39, 0.29) is 24.7 Å². The Morgan fingerprint density at radius 2 is 0.931 bits per heavy atom. The third-order valence-electron chi connectivity index (χ3n) is 12.2. The van der Waals surface area contributed by atoms with Gasteiger partial charge in [-0.1, -0.05) is 0 Å². The Morgan fingerprint density at radius 1 is 0.569 bits per heavy atom. The zero-order chi connectivity index (χ0) is 42.1. The molecule has 2 atom stereocenters. The topological polar surface area (TPSA) is 58.2 Å². The molecule has 2 amide bonds. The molecule has 6 rings (SSSR count). The summed E-state index contributed by atoms with van der Waals surface area (Å²) in [5, 5.41) is 6.65. The van der Waals surface area contributed by atoms with Crippen LogP contribution < -0.4 is 10.5 Å². The third kappa shape index (κ3) is 8.29. The summed E-state index contributed by atoms with van der Waals surface area (Å²) >= 11 is -6.25. The van der Waals surface area contributed by atoms with E-state index in [1.54, 1.807) is 0 Å². The molecular formula is C50H62BCl2HfN2O2. The molecule has 58 heavy (non-hydrogen) atoms. The first-order valence-corrected chi connectivity index (χ1v) is 36.6. The van der Waals surface area contributed by atoms with Gasteiger partial charge in [0, 0.05) is 0 Å². The molecule has 0 saturated carbocycles. The maximum atomic E-state index is 13.8. The average Bonchev–Trinajstić information content (AvgIpc) is 3.75. The van der Waals surface area contributed by atoms with E-state index in [0.29, 0.717) is 23.7 Å². The Kier molecular flexibility index (Phi) is 13.6. The number of nitrogens with one attached hydrogen (secondary N) is 2. The number of benzene rings is 4. The van der Waals surface area contributed by atoms with E-state index in [1.807, 2.05) is 13.8 Å². The molecule has 0 heterocycles. The first-order valence-electron chi connectivity index (χ1n) is 21.5. The van der Waals surface area contributed by atoms with Gasteiger partial charge in [0.05, 0.1) is 0 Å². The predicted molar refractivity (Wildman–Crippen MR) is 247 cm³/mol. The van der Waals surface area contributed by atoms with Gasteiger partial charge in [0.1, 0.15) is 0 Å². The van der Waals surface area contributed by atoms with Gasteiger partial charge in [-0.15, -0.1) is 0 Å². The van der Waals surface area contributed by atoms with Gasteiger partial charge in [-0.2, -0.15) is 0 Å². The molecule has 2 N–H and O–H groups in total. The third-order valence-corrected chi connectivity index (χ3v) is 40.8. The van der Waals surface area contributed by atoms with Crippen LogP contribution in [0.3, 0.4) is 0 Å². The molecule has 0 radical (unpaired) electrons. The van der Waals surface area contributed by atoms with E-state index in [9.17, 15) is 9.59 Å². The van der Waals surface area contributed by atoms with Gasteiger partial charge in [0.2, 0.25) is 0 Å². The van der Waals surface area contributed by atoms with Crippen LogP contribution in [0.4, 0.5) is 0 Å². The second kappa shape index (κ2) is 17.8. The Morgan fingerprint density at radius 3 is 1.28 bits per heavy atom. The quantitative estimate of drug-likeness (QED) is 0.117. The van der Waals surface area contributed by atoms with E-state index in [0.717, 1.165) is 46.2 Å². The van der Waals surface area contributed by atoms with Gasteiger partial charge in [0.15, 0.2) is 0 Å². The van der Waals surface area contributed by atoms with E-state index in [2.05, 4.69) is 163 Å². The van der Waals surface area contributed by atoms with Gasteiger partial charge < -0.3 is 0 Å². The molecule has 0 aliphatic heterocycles. The van der Waals surface area contributed by atoms with E-state index in [1.165, 1.54) is 33.4 Å². The van der Waals surface area contributed by atoms with Crippen LogP contribution in [0, 0.1) is 11.8 Å². The van der Waals surface area contributed by atoms with Crippen molar-refractivity contribution >= 4 is 45.7 Å². The van der Waals surface area contributed by atoms with Crippen molar-refractivity contribution in [1.29, 1.82) is 0 Å².